The molecule has 1 N–H and O–H groups in total. The summed E-state index contributed by atoms with van der Waals surface area (Å²) in [6, 6.07) is 7.11. The summed E-state index contributed by atoms with van der Waals surface area (Å²) in [7, 11) is 0. The fraction of sp³-hybridized carbons (Fsp3) is 0.267. The molecule has 0 saturated heterocycles. The van der Waals surface area contributed by atoms with Gasteiger partial charge in [0.25, 0.3) is 0 Å². The highest BCUT2D eigenvalue weighted by molar-refractivity contribution is 6.43. The predicted octanol–water partition coefficient (Wildman–Crippen LogP) is 4.73. The van der Waals surface area contributed by atoms with Crippen molar-refractivity contribution in [2.24, 2.45) is 0 Å². The van der Waals surface area contributed by atoms with Gasteiger partial charge in [0.1, 0.15) is 12.4 Å². The Morgan fingerprint density at radius 3 is 2.52 bits per heavy atom. The van der Waals surface area contributed by atoms with Crippen LogP contribution in [0.15, 0.2) is 30.5 Å². The Bertz CT molecular complexity index is 603. The van der Waals surface area contributed by atoms with E-state index in [1.165, 1.54) is 0 Å². The molecule has 0 amide bonds. The van der Waals surface area contributed by atoms with Gasteiger partial charge in [-0.15, -0.1) is 0 Å². The Balaban J connectivity index is 1.98. The van der Waals surface area contributed by atoms with E-state index >= 15 is 0 Å². The van der Waals surface area contributed by atoms with Gasteiger partial charge in [0.15, 0.2) is 0 Å². The van der Waals surface area contributed by atoms with Crippen LogP contribution >= 0.6 is 34.8 Å². The molecule has 0 aliphatic carbocycles. The lowest BCUT2D eigenvalue weighted by Crippen LogP contribution is -2.12. The van der Waals surface area contributed by atoms with Crippen LogP contribution in [0.2, 0.25) is 15.1 Å². The first-order valence-electron chi connectivity index (χ1n) is 6.52. The molecule has 3 nitrogen and oxygen atoms in total. The van der Waals surface area contributed by atoms with Crippen LogP contribution in [0.25, 0.3) is 0 Å². The summed E-state index contributed by atoms with van der Waals surface area (Å²) in [6.07, 6.45) is 1.83. The van der Waals surface area contributed by atoms with Gasteiger partial charge in [0.2, 0.25) is 0 Å². The number of nitrogens with one attached hydrogen (secondary N) is 1. The molecule has 0 saturated carbocycles. The first kappa shape index (κ1) is 16.4. The fourth-order valence-electron chi connectivity index (χ4n) is 1.68. The molecule has 0 atom stereocenters. The number of hydrogen-bond acceptors (Lipinski definition) is 3. The lowest BCUT2D eigenvalue weighted by molar-refractivity contribution is 0.301. The third-order valence-electron chi connectivity index (χ3n) is 2.82. The Labute approximate surface area is 139 Å². The van der Waals surface area contributed by atoms with Crippen molar-refractivity contribution in [1.82, 2.24) is 10.3 Å². The molecular formula is C15H15Cl3N2O. The smallest absolute Gasteiger partial charge is 0.140 e. The molecule has 1 heterocycles. The standard InChI is InChI=1S/C15H15Cl3N2O/c1-2-19-7-10-3-4-11(20-8-10)9-21-15-6-13(17)12(16)5-14(15)18/h3-6,8,19H,2,7,9H2,1H3. The zero-order valence-electron chi connectivity index (χ0n) is 11.5. The number of aromatic nitrogens is 1. The molecule has 2 rings (SSSR count). The molecule has 0 unspecified atom stereocenters. The SMILES string of the molecule is CCNCc1ccc(COc2cc(Cl)c(Cl)cc2Cl)nc1. The van der Waals surface area contributed by atoms with E-state index in [4.69, 9.17) is 39.5 Å². The zero-order chi connectivity index (χ0) is 15.2. The monoisotopic (exact) mass is 344 g/mol. The number of rotatable bonds is 6. The van der Waals surface area contributed by atoms with Crippen molar-refractivity contribution in [3.8, 4) is 5.75 Å². The molecule has 0 spiro atoms. The molecular weight excluding hydrogens is 331 g/mol. The number of ether oxygens (including phenoxy) is 1. The van der Waals surface area contributed by atoms with Gasteiger partial charge in [-0.1, -0.05) is 47.8 Å². The number of nitrogens with zero attached hydrogens (tertiary/aromatic N) is 1. The van der Waals surface area contributed by atoms with E-state index in [9.17, 15) is 0 Å². The van der Waals surface area contributed by atoms with E-state index in [0.29, 0.717) is 27.4 Å². The molecule has 1 aromatic heterocycles. The van der Waals surface area contributed by atoms with Gasteiger partial charge < -0.3 is 10.1 Å². The van der Waals surface area contributed by atoms with Gasteiger partial charge in [-0.25, -0.2) is 0 Å². The minimum atomic E-state index is 0.319. The minimum absolute atomic E-state index is 0.319. The van der Waals surface area contributed by atoms with E-state index in [1.807, 2.05) is 18.3 Å². The topological polar surface area (TPSA) is 34.1 Å². The number of halogens is 3. The molecule has 112 valence electrons. The van der Waals surface area contributed by atoms with Crippen molar-refractivity contribution in [3.63, 3.8) is 0 Å². The van der Waals surface area contributed by atoms with Crippen LogP contribution in [0.3, 0.4) is 0 Å². The van der Waals surface area contributed by atoms with Crippen LogP contribution in [-0.4, -0.2) is 11.5 Å². The van der Waals surface area contributed by atoms with E-state index in [1.54, 1.807) is 12.1 Å². The molecule has 0 aliphatic rings. The highest BCUT2D eigenvalue weighted by Gasteiger charge is 2.07. The van der Waals surface area contributed by atoms with Gasteiger partial charge in [-0.3, -0.25) is 4.98 Å². The predicted molar refractivity (Wildman–Crippen MR) is 87.4 cm³/mol. The average molecular weight is 346 g/mol. The van der Waals surface area contributed by atoms with Crippen molar-refractivity contribution < 1.29 is 4.74 Å². The summed E-state index contributed by atoms with van der Waals surface area (Å²) in [5.41, 5.74) is 1.95. The van der Waals surface area contributed by atoms with E-state index < -0.39 is 0 Å². The van der Waals surface area contributed by atoms with Crippen LogP contribution in [0, 0.1) is 0 Å². The maximum atomic E-state index is 6.05. The Morgan fingerprint density at radius 1 is 1.10 bits per heavy atom. The third kappa shape index (κ3) is 4.75. The minimum Gasteiger partial charge on any atom is -0.486 e. The zero-order valence-corrected chi connectivity index (χ0v) is 13.8. The molecule has 0 fully saturated rings. The van der Waals surface area contributed by atoms with Gasteiger partial charge in [0, 0.05) is 18.8 Å². The number of benzene rings is 1. The molecule has 2 aromatic rings. The van der Waals surface area contributed by atoms with Gasteiger partial charge >= 0.3 is 0 Å². The van der Waals surface area contributed by atoms with Gasteiger partial charge in [0.05, 0.1) is 20.8 Å². The van der Waals surface area contributed by atoms with Crippen molar-refractivity contribution in [2.75, 3.05) is 6.54 Å². The lowest BCUT2D eigenvalue weighted by Gasteiger charge is -2.09. The molecule has 0 aliphatic heterocycles. The third-order valence-corrected chi connectivity index (χ3v) is 3.83. The maximum absolute atomic E-state index is 6.05. The second-order valence-corrected chi connectivity index (χ2v) is 5.65. The van der Waals surface area contributed by atoms with Crippen LogP contribution < -0.4 is 10.1 Å². The normalized spacial score (nSPS) is 10.7. The van der Waals surface area contributed by atoms with E-state index in [0.717, 1.165) is 24.3 Å². The quantitative estimate of drug-likeness (QED) is 0.769. The van der Waals surface area contributed by atoms with Crippen LogP contribution in [0.1, 0.15) is 18.2 Å². The molecule has 0 bridgehead atoms. The summed E-state index contributed by atoms with van der Waals surface area (Å²) in [5, 5.41) is 4.48. The molecule has 6 heteroatoms. The van der Waals surface area contributed by atoms with Crippen LogP contribution in [0.5, 0.6) is 5.75 Å². The van der Waals surface area contributed by atoms with Crippen molar-refractivity contribution in [3.05, 3.63) is 56.8 Å². The average Bonchev–Trinajstić information content (AvgIpc) is 2.48. The van der Waals surface area contributed by atoms with Crippen LogP contribution in [-0.2, 0) is 13.2 Å². The van der Waals surface area contributed by atoms with Crippen molar-refractivity contribution in [2.45, 2.75) is 20.1 Å². The Morgan fingerprint density at radius 2 is 1.86 bits per heavy atom. The van der Waals surface area contributed by atoms with E-state index in [-0.39, 0.29) is 0 Å². The second-order valence-electron chi connectivity index (χ2n) is 4.42. The Hall–Kier alpha value is -1.000. The summed E-state index contributed by atoms with van der Waals surface area (Å²) < 4.78 is 5.63. The van der Waals surface area contributed by atoms with E-state index in [2.05, 4.69) is 17.2 Å². The summed E-state index contributed by atoms with van der Waals surface area (Å²) in [5.74, 6) is 0.490. The first-order chi connectivity index (χ1) is 10.1. The molecule has 1 aromatic carbocycles. The summed E-state index contributed by atoms with van der Waals surface area (Å²) in [4.78, 5) is 4.35. The molecule has 21 heavy (non-hydrogen) atoms. The second kappa shape index (κ2) is 7.85. The lowest BCUT2D eigenvalue weighted by atomic mass is 10.2. The highest BCUT2D eigenvalue weighted by Crippen LogP contribution is 2.34. The summed E-state index contributed by atoms with van der Waals surface area (Å²) >= 11 is 17.9. The maximum Gasteiger partial charge on any atom is 0.140 e. The summed E-state index contributed by atoms with van der Waals surface area (Å²) in [6.45, 7) is 4.12. The molecule has 0 radical (unpaired) electrons. The number of pyridine rings is 1. The Kier molecular flexibility index (Phi) is 6.12. The first-order valence-corrected chi connectivity index (χ1v) is 7.65. The van der Waals surface area contributed by atoms with Gasteiger partial charge in [-0.05, 0) is 24.2 Å². The van der Waals surface area contributed by atoms with Crippen molar-refractivity contribution >= 4 is 34.8 Å². The van der Waals surface area contributed by atoms with Crippen molar-refractivity contribution in [1.29, 1.82) is 0 Å². The highest BCUT2D eigenvalue weighted by atomic mass is 35.5. The van der Waals surface area contributed by atoms with Gasteiger partial charge in [-0.2, -0.15) is 0 Å². The largest absolute Gasteiger partial charge is 0.486 e. The van der Waals surface area contributed by atoms with Crippen LogP contribution in [0.4, 0.5) is 0 Å². The fourth-order valence-corrected chi connectivity index (χ4v) is 2.27. The number of hydrogen-bond donors (Lipinski definition) is 1.